The Morgan fingerprint density at radius 3 is 2.93 bits per heavy atom. The zero-order valence-corrected chi connectivity index (χ0v) is 16.5. The van der Waals surface area contributed by atoms with Gasteiger partial charge in [-0.15, -0.1) is 0 Å². The lowest BCUT2D eigenvalue weighted by Gasteiger charge is -2.23. The zero-order valence-electron chi connectivity index (χ0n) is 16.5. The molecule has 0 aromatic carbocycles. The Labute approximate surface area is 167 Å². The zero-order chi connectivity index (χ0) is 20.4. The molecule has 1 aliphatic heterocycles. The van der Waals surface area contributed by atoms with Crippen LogP contribution < -0.4 is 26.1 Å². The summed E-state index contributed by atoms with van der Waals surface area (Å²) in [4.78, 5) is 31.8. The van der Waals surface area contributed by atoms with Gasteiger partial charge in [-0.25, -0.2) is 4.57 Å². The number of anilines is 1. The molecule has 1 amide bonds. The maximum atomic E-state index is 13.0. The number of nitrogens with two attached hydrogens (primary N) is 1. The average molecular weight is 398 g/mol. The Bertz CT molecular complexity index is 1120. The van der Waals surface area contributed by atoms with Gasteiger partial charge in [0.25, 0.3) is 17.1 Å². The summed E-state index contributed by atoms with van der Waals surface area (Å²) in [6.45, 7) is 7.16. The number of fused-ring (bicyclic) bond motifs is 2. The van der Waals surface area contributed by atoms with Crippen LogP contribution in [0.5, 0.6) is 0 Å². The number of aromatic nitrogens is 3. The third kappa shape index (κ3) is 3.66. The van der Waals surface area contributed by atoms with Crippen LogP contribution in [0.3, 0.4) is 0 Å². The molecular weight excluding hydrogens is 372 g/mol. The number of ether oxygens (including phenoxy) is 1. The van der Waals surface area contributed by atoms with Crippen molar-refractivity contribution in [1.82, 2.24) is 14.7 Å². The lowest BCUT2D eigenvalue weighted by Crippen LogP contribution is -3.14. The Balaban J connectivity index is 1.67. The molecule has 1 aliphatic rings. The lowest BCUT2D eigenvalue weighted by molar-refractivity contribution is -0.906. The number of carbonyl (C=O) groups is 1. The van der Waals surface area contributed by atoms with Gasteiger partial charge in [-0.1, -0.05) is 11.1 Å². The number of rotatable bonds is 5. The van der Waals surface area contributed by atoms with E-state index in [-0.39, 0.29) is 11.5 Å². The first kappa shape index (κ1) is 19.3. The van der Waals surface area contributed by atoms with Gasteiger partial charge in [-0.05, 0) is 25.1 Å². The van der Waals surface area contributed by atoms with E-state index in [9.17, 15) is 9.59 Å². The van der Waals surface area contributed by atoms with E-state index in [0.717, 1.165) is 32.8 Å². The summed E-state index contributed by atoms with van der Waals surface area (Å²) in [5.74, 6) is 0.0280. The summed E-state index contributed by atoms with van der Waals surface area (Å²) in [6, 6.07) is 6.92. The maximum absolute atomic E-state index is 13.0. The van der Waals surface area contributed by atoms with Crippen LogP contribution in [0.4, 0.5) is 5.82 Å². The topological polar surface area (TPSA) is 107 Å². The molecule has 0 unspecified atom stereocenters. The van der Waals surface area contributed by atoms with Crippen LogP contribution >= 0.6 is 0 Å². The number of hydrogen-bond donors (Lipinski definition) is 3. The predicted octanol–water partition coefficient (Wildman–Crippen LogP) is -1.62. The van der Waals surface area contributed by atoms with Crippen molar-refractivity contribution in [3.05, 3.63) is 46.4 Å². The van der Waals surface area contributed by atoms with Crippen molar-refractivity contribution in [1.29, 1.82) is 0 Å². The van der Waals surface area contributed by atoms with Gasteiger partial charge >= 0.3 is 0 Å². The first-order valence-electron chi connectivity index (χ1n) is 9.93. The van der Waals surface area contributed by atoms with Crippen molar-refractivity contribution >= 4 is 28.4 Å². The molecule has 0 spiro atoms. The molecule has 3 aromatic heterocycles. The standard InChI is InChI=1S/C20H24N6O3/c1-2-25-17(21)14(19(27)22-6-8-24-9-11-29-12-10-24)13-15-18(25)23-16-5-3-4-7-26(16)20(15)28/h3-5,7,13,21H,2,6,8-12H2,1H3,(H,22,27)/p+2. The van der Waals surface area contributed by atoms with Gasteiger partial charge in [0.05, 0.1) is 32.8 Å². The van der Waals surface area contributed by atoms with Gasteiger partial charge in [0, 0.05) is 6.20 Å². The van der Waals surface area contributed by atoms with E-state index in [4.69, 9.17) is 10.5 Å². The smallest absolute Gasteiger partial charge is 0.278 e. The highest BCUT2D eigenvalue weighted by Crippen LogP contribution is 2.14. The molecule has 1 fully saturated rings. The number of nitrogens with zero attached hydrogens (tertiary/aromatic N) is 3. The molecule has 0 saturated carbocycles. The lowest BCUT2D eigenvalue weighted by atomic mass is 10.1. The molecule has 0 bridgehead atoms. The predicted molar refractivity (Wildman–Crippen MR) is 108 cm³/mol. The molecule has 9 nitrogen and oxygen atoms in total. The molecule has 0 aliphatic carbocycles. The monoisotopic (exact) mass is 398 g/mol. The Kier molecular flexibility index (Phi) is 5.41. The molecule has 1 saturated heterocycles. The van der Waals surface area contributed by atoms with Gasteiger partial charge in [-0.3, -0.25) is 14.0 Å². The van der Waals surface area contributed by atoms with E-state index < -0.39 is 0 Å². The second kappa shape index (κ2) is 8.14. The second-order valence-electron chi connectivity index (χ2n) is 7.14. The first-order valence-corrected chi connectivity index (χ1v) is 9.93. The van der Waals surface area contributed by atoms with Crippen molar-refractivity contribution in [2.75, 3.05) is 45.1 Å². The van der Waals surface area contributed by atoms with Crippen molar-refractivity contribution in [3.63, 3.8) is 0 Å². The summed E-state index contributed by atoms with van der Waals surface area (Å²) < 4.78 is 8.54. The van der Waals surface area contributed by atoms with Gasteiger partial charge < -0.3 is 20.7 Å². The van der Waals surface area contributed by atoms with Crippen molar-refractivity contribution in [3.8, 4) is 0 Å². The molecule has 29 heavy (non-hydrogen) atoms. The number of amides is 1. The summed E-state index contributed by atoms with van der Waals surface area (Å²) >= 11 is 0. The minimum absolute atomic E-state index is 0.223. The molecule has 4 heterocycles. The third-order valence-electron chi connectivity index (χ3n) is 5.38. The Hall–Kier alpha value is -3.04. The average Bonchev–Trinajstić information content (AvgIpc) is 2.74. The molecule has 0 radical (unpaired) electrons. The van der Waals surface area contributed by atoms with Crippen molar-refractivity contribution in [2.45, 2.75) is 13.5 Å². The van der Waals surface area contributed by atoms with E-state index in [1.807, 2.05) is 13.0 Å². The molecule has 4 rings (SSSR count). The molecule has 3 aromatic rings. The van der Waals surface area contributed by atoms with Crippen LogP contribution in [0.1, 0.15) is 17.3 Å². The number of aryl methyl sites for hydroxylation is 1. The Morgan fingerprint density at radius 1 is 1.38 bits per heavy atom. The van der Waals surface area contributed by atoms with Crippen molar-refractivity contribution < 1.29 is 19.0 Å². The third-order valence-corrected chi connectivity index (χ3v) is 5.38. The van der Waals surface area contributed by atoms with E-state index >= 15 is 0 Å². The number of morpholine rings is 1. The van der Waals surface area contributed by atoms with Crippen LogP contribution in [0.25, 0.3) is 16.7 Å². The summed E-state index contributed by atoms with van der Waals surface area (Å²) in [5, 5.41) is 3.31. The van der Waals surface area contributed by atoms with Crippen LogP contribution in [0.2, 0.25) is 0 Å². The molecule has 9 heteroatoms. The maximum Gasteiger partial charge on any atom is 0.278 e. The van der Waals surface area contributed by atoms with Crippen LogP contribution in [-0.2, 0) is 11.3 Å². The van der Waals surface area contributed by atoms with Crippen LogP contribution in [0, 0.1) is 0 Å². The van der Waals surface area contributed by atoms with E-state index in [1.54, 1.807) is 29.0 Å². The minimum Gasteiger partial charge on any atom is -0.370 e. The first-order chi connectivity index (χ1) is 14.1. The number of nitrogen functional groups attached to an aromatic ring is 1. The van der Waals surface area contributed by atoms with Crippen LogP contribution in [0.15, 0.2) is 35.3 Å². The van der Waals surface area contributed by atoms with Gasteiger partial charge in [0.2, 0.25) is 11.5 Å². The fourth-order valence-corrected chi connectivity index (χ4v) is 3.76. The molecule has 4 N–H and O–H groups in total. The largest absolute Gasteiger partial charge is 0.370 e. The fourth-order valence-electron chi connectivity index (χ4n) is 3.76. The number of pyridine rings is 2. The quantitative estimate of drug-likeness (QED) is 0.354. The number of hydrogen-bond acceptors (Lipinski definition) is 5. The second-order valence-corrected chi connectivity index (χ2v) is 7.14. The highest BCUT2D eigenvalue weighted by Gasteiger charge is 2.24. The molecule has 0 atom stereocenters. The van der Waals surface area contributed by atoms with Gasteiger partial charge in [0.15, 0.2) is 0 Å². The summed E-state index contributed by atoms with van der Waals surface area (Å²) in [7, 11) is 0. The Morgan fingerprint density at radius 2 is 2.17 bits per heavy atom. The number of nitrogens with one attached hydrogen (secondary N) is 2. The molecular formula is C20H26N6O3+2. The van der Waals surface area contributed by atoms with Gasteiger partial charge in [0.1, 0.15) is 24.0 Å². The number of quaternary nitrogens is 1. The summed E-state index contributed by atoms with van der Waals surface area (Å²) in [5.41, 5.74) is 7.40. The SMILES string of the molecule is CC[n+]1c(N)c(C(=O)NCC[NH+]2CCOCC2)cc2c(=O)n3ccccc3nc21. The van der Waals surface area contributed by atoms with E-state index in [0.29, 0.717) is 41.2 Å². The van der Waals surface area contributed by atoms with E-state index in [2.05, 4.69) is 10.3 Å². The fraction of sp³-hybridized carbons (Fsp3) is 0.400. The minimum atomic E-state index is -0.281. The number of carbonyl (C=O) groups excluding carboxylic acids is 1. The van der Waals surface area contributed by atoms with Gasteiger partial charge in [-0.2, -0.15) is 0 Å². The highest BCUT2D eigenvalue weighted by molar-refractivity contribution is 6.00. The highest BCUT2D eigenvalue weighted by atomic mass is 16.5. The van der Waals surface area contributed by atoms with E-state index in [1.165, 1.54) is 9.30 Å². The van der Waals surface area contributed by atoms with Crippen LogP contribution in [-0.4, -0.2) is 54.7 Å². The summed E-state index contributed by atoms with van der Waals surface area (Å²) in [6.07, 6.45) is 1.67. The van der Waals surface area contributed by atoms with Crippen molar-refractivity contribution in [2.24, 2.45) is 0 Å². The normalized spacial score (nSPS) is 15.1. The molecule has 152 valence electrons.